The van der Waals surface area contributed by atoms with Crippen molar-refractivity contribution in [2.75, 3.05) is 11.5 Å². The molecule has 9 heavy (non-hydrogen) atoms. The van der Waals surface area contributed by atoms with Gasteiger partial charge < -0.3 is 0 Å². The van der Waals surface area contributed by atoms with Gasteiger partial charge in [0.1, 0.15) is 0 Å². The summed E-state index contributed by atoms with van der Waals surface area (Å²) in [5, 5.41) is 0. The van der Waals surface area contributed by atoms with Gasteiger partial charge in [-0.25, -0.2) is 0 Å². The largest absolute Gasteiger partial charge is 0.259 e. The molecule has 0 spiro atoms. The summed E-state index contributed by atoms with van der Waals surface area (Å²) < 4.78 is 10.8. The fourth-order valence-corrected chi connectivity index (χ4v) is 2.04. The smallest absolute Gasteiger partial charge is 0.0418 e. The summed E-state index contributed by atoms with van der Waals surface area (Å²) in [5.41, 5.74) is 1.48. The van der Waals surface area contributed by atoms with Crippen LogP contribution in [-0.2, 0) is 10.8 Å². The first-order valence-corrected chi connectivity index (χ1v) is 4.84. The van der Waals surface area contributed by atoms with Crippen LogP contribution in [0.15, 0.2) is 11.6 Å². The Morgan fingerprint density at radius 1 is 1.78 bits per heavy atom. The van der Waals surface area contributed by atoms with Crippen LogP contribution in [0.3, 0.4) is 0 Å². The van der Waals surface area contributed by atoms with Crippen molar-refractivity contribution in [2.45, 2.75) is 19.8 Å². The fraction of sp³-hybridized carbons (Fsp3) is 0.714. The van der Waals surface area contributed by atoms with Gasteiger partial charge in [-0.05, 0) is 12.8 Å². The topological polar surface area (TPSA) is 17.1 Å². The average molecular weight is 144 g/mol. The van der Waals surface area contributed by atoms with Gasteiger partial charge in [0.2, 0.25) is 0 Å². The van der Waals surface area contributed by atoms with Gasteiger partial charge in [-0.2, -0.15) is 0 Å². The van der Waals surface area contributed by atoms with Gasteiger partial charge in [0.25, 0.3) is 0 Å². The predicted molar refractivity (Wildman–Crippen MR) is 40.9 cm³/mol. The highest BCUT2D eigenvalue weighted by atomic mass is 32.2. The highest BCUT2D eigenvalue weighted by molar-refractivity contribution is 7.85. The summed E-state index contributed by atoms with van der Waals surface area (Å²) in [4.78, 5) is 0. The lowest BCUT2D eigenvalue weighted by molar-refractivity contribution is 0.682. The highest BCUT2D eigenvalue weighted by Crippen LogP contribution is 2.12. The monoisotopic (exact) mass is 144 g/mol. The van der Waals surface area contributed by atoms with Gasteiger partial charge in [-0.15, -0.1) is 0 Å². The summed E-state index contributed by atoms with van der Waals surface area (Å²) in [6.07, 6.45) is 4.32. The lowest BCUT2D eigenvalue weighted by atomic mass is 10.1. The Morgan fingerprint density at radius 2 is 2.56 bits per heavy atom. The van der Waals surface area contributed by atoms with Crippen molar-refractivity contribution in [1.29, 1.82) is 0 Å². The summed E-state index contributed by atoms with van der Waals surface area (Å²) in [6, 6.07) is 0. The number of rotatable bonds is 1. The zero-order valence-electron chi connectivity index (χ0n) is 5.72. The third kappa shape index (κ3) is 1.94. The van der Waals surface area contributed by atoms with E-state index >= 15 is 0 Å². The Hall–Kier alpha value is -0.110. The zero-order chi connectivity index (χ0) is 6.69. The molecule has 0 aliphatic carbocycles. The Bertz CT molecular complexity index is 149. The van der Waals surface area contributed by atoms with Crippen LogP contribution in [0.25, 0.3) is 0 Å². The maximum atomic E-state index is 10.8. The Morgan fingerprint density at radius 3 is 3.00 bits per heavy atom. The number of hydrogen-bond donors (Lipinski definition) is 0. The van der Waals surface area contributed by atoms with Crippen LogP contribution in [0.4, 0.5) is 0 Å². The molecule has 0 N–H and O–H groups in total. The Kier molecular flexibility index (Phi) is 2.46. The molecule has 1 rings (SSSR count). The molecule has 0 aromatic heterocycles. The van der Waals surface area contributed by atoms with Gasteiger partial charge in [-0.3, -0.25) is 4.21 Å². The second-order valence-corrected chi connectivity index (χ2v) is 3.90. The first kappa shape index (κ1) is 7.00. The lowest BCUT2D eigenvalue weighted by Gasteiger charge is -2.09. The fourth-order valence-electron chi connectivity index (χ4n) is 0.962. The Balaban J connectivity index is 2.50. The van der Waals surface area contributed by atoms with E-state index in [4.69, 9.17) is 0 Å². The Labute approximate surface area is 58.6 Å². The minimum absolute atomic E-state index is 0.539. The van der Waals surface area contributed by atoms with Gasteiger partial charge in [0.15, 0.2) is 0 Å². The lowest BCUT2D eigenvalue weighted by Crippen LogP contribution is -2.07. The van der Waals surface area contributed by atoms with Crippen molar-refractivity contribution < 1.29 is 4.21 Å². The molecule has 0 amide bonds. The molecular formula is C7H12OS. The molecule has 0 aromatic rings. The average Bonchev–Trinajstić information content (AvgIpc) is 1.90. The molecule has 2 heteroatoms. The van der Waals surface area contributed by atoms with Crippen LogP contribution in [0.5, 0.6) is 0 Å². The van der Waals surface area contributed by atoms with Crippen molar-refractivity contribution in [2.24, 2.45) is 0 Å². The van der Waals surface area contributed by atoms with Gasteiger partial charge in [-0.1, -0.05) is 18.6 Å². The molecule has 0 radical (unpaired) electrons. The van der Waals surface area contributed by atoms with Crippen molar-refractivity contribution in [1.82, 2.24) is 0 Å². The normalized spacial score (nSPS) is 27.7. The third-order valence-electron chi connectivity index (χ3n) is 1.66. The quantitative estimate of drug-likeness (QED) is 0.509. The van der Waals surface area contributed by atoms with E-state index in [1.54, 1.807) is 0 Å². The van der Waals surface area contributed by atoms with Gasteiger partial charge in [0, 0.05) is 22.3 Å². The van der Waals surface area contributed by atoms with E-state index in [2.05, 4.69) is 13.0 Å². The molecule has 1 aliphatic rings. The summed E-state index contributed by atoms with van der Waals surface area (Å²) in [7, 11) is -0.539. The van der Waals surface area contributed by atoms with Crippen LogP contribution >= 0.6 is 0 Å². The molecule has 0 fully saturated rings. The van der Waals surface area contributed by atoms with Crippen molar-refractivity contribution in [3.63, 3.8) is 0 Å². The molecule has 0 saturated carbocycles. The SMILES string of the molecule is CCC1=CCS(=O)CC1. The molecule has 1 nitrogen and oxygen atoms in total. The van der Waals surface area contributed by atoms with E-state index in [9.17, 15) is 4.21 Å². The molecule has 0 bridgehead atoms. The van der Waals surface area contributed by atoms with Gasteiger partial charge >= 0.3 is 0 Å². The van der Waals surface area contributed by atoms with Crippen LogP contribution in [0, 0.1) is 0 Å². The molecule has 1 unspecified atom stereocenters. The molecule has 0 saturated heterocycles. The van der Waals surface area contributed by atoms with E-state index in [1.165, 1.54) is 5.57 Å². The van der Waals surface area contributed by atoms with Crippen LogP contribution in [0.1, 0.15) is 19.8 Å². The molecule has 0 aromatic carbocycles. The molecular weight excluding hydrogens is 132 g/mol. The van der Waals surface area contributed by atoms with Crippen molar-refractivity contribution in [3.8, 4) is 0 Å². The van der Waals surface area contributed by atoms with E-state index in [-0.39, 0.29) is 0 Å². The van der Waals surface area contributed by atoms with Crippen molar-refractivity contribution in [3.05, 3.63) is 11.6 Å². The highest BCUT2D eigenvalue weighted by Gasteiger charge is 2.05. The van der Waals surface area contributed by atoms with Crippen molar-refractivity contribution >= 4 is 10.8 Å². The first-order valence-electron chi connectivity index (χ1n) is 3.36. The minimum atomic E-state index is -0.539. The molecule has 1 heterocycles. The summed E-state index contributed by atoms with van der Waals surface area (Å²) in [5.74, 6) is 1.68. The van der Waals surface area contributed by atoms with E-state index in [1.807, 2.05) is 0 Å². The van der Waals surface area contributed by atoms with Gasteiger partial charge in [0.05, 0.1) is 0 Å². The third-order valence-corrected chi connectivity index (χ3v) is 2.86. The standard InChI is InChI=1S/C7H12OS/c1-2-7-3-5-9(8)6-4-7/h3H,2,4-6H2,1H3. The van der Waals surface area contributed by atoms with E-state index in [0.29, 0.717) is 0 Å². The maximum Gasteiger partial charge on any atom is 0.0418 e. The second kappa shape index (κ2) is 3.16. The molecule has 1 atom stereocenters. The molecule has 52 valence electrons. The first-order chi connectivity index (χ1) is 4.33. The van der Waals surface area contributed by atoms with Crippen LogP contribution < -0.4 is 0 Å². The van der Waals surface area contributed by atoms with Crippen LogP contribution in [-0.4, -0.2) is 15.7 Å². The van der Waals surface area contributed by atoms with E-state index < -0.39 is 10.8 Å². The second-order valence-electron chi connectivity index (χ2n) is 2.28. The summed E-state index contributed by atoms with van der Waals surface area (Å²) in [6.45, 7) is 2.15. The summed E-state index contributed by atoms with van der Waals surface area (Å²) >= 11 is 0. The maximum absolute atomic E-state index is 10.8. The predicted octanol–water partition coefficient (Wildman–Crippen LogP) is 1.48. The minimum Gasteiger partial charge on any atom is -0.259 e. The number of allylic oxidation sites excluding steroid dienone is 1. The molecule has 1 aliphatic heterocycles. The van der Waals surface area contributed by atoms with Crippen LogP contribution in [0.2, 0.25) is 0 Å². The zero-order valence-corrected chi connectivity index (χ0v) is 6.54. The number of hydrogen-bond acceptors (Lipinski definition) is 1. The van der Waals surface area contributed by atoms with E-state index in [0.717, 1.165) is 24.3 Å².